The second kappa shape index (κ2) is 7.37. The number of benzene rings is 2. The van der Waals surface area contributed by atoms with E-state index in [2.05, 4.69) is 34.5 Å². The van der Waals surface area contributed by atoms with Crippen LogP contribution >= 0.6 is 11.6 Å². The molecule has 0 bridgehead atoms. The second-order valence-corrected chi connectivity index (χ2v) is 6.94. The van der Waals surface area contributed by atoms with Gasteiger partial charge in [0.05, 0.1) is 10.7 Å². The maximum absolute atomic E-state index is 12.3. The van der Waals surface area contributed by atoms with Gasteiger partial charge in [-0.1, -0.05) is 41.9 Å². The van der Waals surface area contributed by atoms with E-state index in [1.165, 1.54) is 11.1 Å². The van der Waals surface area contributed by atoms with Crippen LogP contribution in [0.1, 0.15) is 28.7 Å². The Morgan fingerprint density at radius 3 is 2.71 bits per heavy atom. The van der Waals surface area contributed by atoms with Gasteiger partial charge in [0.1, 0.15) is 0 Å². The third kappa shape index (κ3) is 3.97. The van der Waals surface area contributed by atoms with Crippen LogP contribution in [0.15, 0.2) is 36.4 Å². The van der Waals surface area contributed by atoms with E-state index in [4.69, 9.17) is 11.6 Å². The predicted octanol–water partition coefficient (Wildman–Crippen LogP) is 4.34. The smallest absolute Gasteiger partial charge is 0.225 e. The predicted molar refractivity (Wildman–Crippen MR) is 99.6 cm³/mol. The number of halogens is 1. The number of nitrogens with one attached hydrogen (secondary N) is 1. The summed E-state index contributed by atoms with van der Waals surface area (Å²) >= 11 is 6.26. The molecule has 3 rings (SSSR count). The molecule has 0 radical (unpaired) electrons. The average molecular weight is 343 g/mol. The number of hydrogen-bond donors (Lipinski definition) is 1. The molecule has 1 N–H and O–H groups in total. The van der Waals surface area contributed by atoms with Crippen LogP contribution in [-0.2, 0) is 17.8 Å². The minimum atomic E-state index is 0.0164. The number of aryl methyl sites for hydroxylation is 2. The Morgan fingerprint density at radius 2 is 1.96 bits per heavy atom. The van der Waals surface area contributed by atoms with E-state index in [0.717, 1.165) is 42.9 Å². The third-order valence-electron chi connectivity index (χ3n) is 4.56. The Balaban J connectivity index is 1.55. The van der Waals surface area contributed by atoms with Crippen molar-refractivity contribution in [1.29, 1.82) is 0 Å². The molecule has 0 fully saturated rings. The number of carbonyl (C=O) groups excluding carboxylic acids is 1. The van der Waals surface area contributed by atoms with Gasteiger partial charge in [0.25, 0.3) is 0 Å². The molecule has 1 amide bonds. The van der Waals surface area contributed by atoms with Crippen LogP contribution in [0.5, 0.6) is 0 Å². The molecule has 0 unspecified atom stereocenters. The highest BCUT2D eigenvalue weighted by Gasteiger charge is 2.17. The van der Waals surface area contributed by atoms with Crippen molar-refractivity contribution in [2.75, 3.05) is 18.4 Å². The summed E-state index contributed by atoms with van der Waals surface area (Å²) in [6.45, 7) is 6.67. The number of nitrogens with zero attached hydrogens (tertiary/aromatic N) is 1. The lowest BCUT2D eigenvalue weighted by molar-refractivity contribution is -0.116. The van der Waals surface area contributed by atoms with Crippen LogP contribution < -0.4 is 5.32 Å². The van der Waals surface area contributed by atoms with Gasteiger partial charge in [0.15, 0.2) is 0 Å². The summed E-state index contributed by atoms with van der Waals surface area (Å²) in [6.07, 6.45) is 1.53. The lowest BCUT2D eigenvalue weighted by Crippen LogP contribution is -2.33. The van der Waals surface area contributed by atoms with Gasteiger partial charge in [0.2, 0.25) is 5.91 Å². The zero-order valence-corrected chi connectivity index (χ0v) is 15.0. The first kappa shape index (κ1) is 17.0. The van der Waals surface area contributed by atoms with Crippen LogP contribution in [0.2, 0.25) is 5.02 Å². The molecule has 0 spiro atoms. The summed E-state index contributed by atoms with van der Waals surface area (Å²) in [5, 5.41) is 3.57. The van der Waals surface area contributed by atoms with Gasteiger partial charge in [-0.2, -0.15) is 0 Å². The number of hydrogen-bond acceptors (Lipinski definition) is 2. The Kier molecular flexibility index (Phi) is 5.22. The molecule has 0 saturated heterocycles. The van der Waals surface area contributed by atoms with E-state index in [9.17, 15) is 4.79 Å². The van der Waals surface area contributed by atoms with E-state index < -0.39 is 0 Å². The number of fused-ring (bicyclic) bond motifs is 1. The molecular formula is C20H23ClN2O. The fourth-order valence-electron chi connectivity index (χ4n) is 3.28. The molecule has 24 heavy (non-hydrogen) atoms. The lowest BCUT2D eigenvalue weighted by atomic mass is 10.00. The molecule has 0 aromatic heterocycles. The molecule has 0 saturated carbocycles. The maximum atomic E-state index is 12.3. The van der Waals surface area contributed by atoms with Crippen molar-refractivity contribution in [2.24, 2.45) is 0 Å². The average Bonchev–Trinajstić information content (AvgIpc) is 2.56. The molecular weight excluding hydrogens is 320 g/mol. The van der Waals surface area contributed by atoms with Gasteiger partial charge in [-0.25, -0.2) is 0 Å². The molecule has 2 aromatic rings. The van der Waals surface area contributed by atoms with Crippen LogP contribution in [0.4, 0.5) is 5.69 Å². The van der Waals surface area contributed by atoms with Crippen molar-refractivity contribution < 1.29 is 4.79 Å². The normalized spacial score (nSPS) is 14.3. The Morgan fingerprint density at radius 1 is 1.21 bits per heavy atom. The van der Waals surface area contributed by atoms with E-state index >= 15 is 0 Å². The summed E-state index contributed by atoms with van der Waals surface area (Å²) in [5.74, 6) is 0.0164. The van der Waals surface area contributed by atoms with Gasteiger partial charge in [-0.15, -0.1) is 0 Å². The molecule has 4 heteroatoms. The number of amides is 1. The van der Waals surface area contributed by atoms with Crippen molar-refractivity contribution >= 4 is 23.2 Å². The number of rotatable bonds is 4. The first-order valence-electron chi connectivity index (χ1n) is 8.38. The molecule has 0 aliphatic carbocycles. The molecule has 2 aromatic carbocycles. The van der Waals surface area contributed by atoms with E-state index in [1.54, 1.807) is 0 Å². The van der Waals surface area contributed by atoms with E-state index in [1.807, 2.05) is 26.0 Å². The van der Waals surface area contributed by atoms with Gasteiger partial charge in [0, 0.05) is 26.1 Å². The summed E-state index contributed by atoms with van der Waals surface area (Å²) in [4.78, 5) is 14.6. The fraction of sp³-hybridized carbons (Fsp3) is 0.350. The third-order valence-corrected chi connectivity index (χ3v) is 4.86. The molecule has 1 aliphatic heterocycles. The van der Waals surface area contributed by atoms with Gasteiger partial charge >= 0.3 is 0 Å². The highest BCUT2D eigenvalue weighted by Crippen LogP contribution is 2.27. The molecule has 1 aliphatic rings. The van der Waals surface area contributed by atoms with Crippen molar-refractivity contribution in [3.8, 4) is 0 Å². The highest BCUT2D eigenvalue weighted by molar-refractivity contribution is 6.34. The van der Waals surface area contributed by atoms with Crippen molar-refractivity contribution in [1.82, 2.24) is 4.90 Å². The summed E-state index contributed by atoms with van der Waals surface area (Å²) in [6, 6.07) is 12.5. The minimum absolute atomic E-state index is 0.0164. The Bertz CT molecular complexity index is 734. The fourth-order valence-corrected chi connectivity index (χ4v) is 3.65. The molecule has 126 valence electrons. The lowest BCUT2D eigenvalue weighted by Gasteiger charge is -2.28. The van der Waals surface area contributed by atoms with Crippen molar-refractivity contribution in [3.05, 3.63) is 63.7 Å². The second-order valence-electron chi connectivity index (χ2n) is 6.53. The van der Waals surface area contributed by atoms with Crippen LogP contribution in [0.25, 0.3) is 0 Å². The highest BCUT2D eigenvalue weighted by atomic mass is 35.5. The zero-order chi connectivity index (χ0) is 17.1. The van der Waals surface area contributed by atoms with E-state index in [0.29, 0.717) is 11.4 Å². The van der Waals surface area contributed by atoms with Gasteiger partial charge in [-0.05, 0) is 48.6 Å². The monoisotopic (exact) mass is 342 g/mol. The van der Waals surface area contributed by atoms with Crippen LogP contribution in [0.3, 0.4) is 0 Å². The first-order chi connectivity index (χ1) is 11.5. The molecule has 1 heterocycles. The Labute approximate surface area is 148 Å². The summed E-state index contributed by atoms with van der Waals surface area (Å²) < 4.78 is 0. The summed E-state index contributed by atoms with van der Waals surface area (Å²) in [5.41, 5.74) is 5.64. The Hall–Kier alpha value is -1.84. The first-order valence-corrected chi connectivity index (χ1v) is 8.76. The van der Waals surface area contributed by atoms with E-state index in [-0.39, 0.29) is 5.91 Å². The number of carbonyl (C=O) groups is 1. The number of anilines is 1. The standard InChI is InChI=1S/C20H23ClN2O/c1-14-11-15(2)20(18(21)12-14)22-19(24)8-10-23-9-7-16-5-3-4-6-17(16)13-23/h3-6,11-12H,7-10,13H2,1-2H3,(H,22,24). The van der Waals surface area contributed by atoms with Gasteiger partial charge in [-0.3, -0.25) is 9.69 Å². The SMILES string of the molecule is Cc1cc(C)c(NC(=O)CCN2CCc3ccccc3C2)c(Cl)c1. The summed E-state index contributed by atoms with van der Waals surface area (Å²) in [7, 11) is 0. The van der Waals surface area contributed by atoms with Crippen LogP contribution in [-0.4, -0.2) is 23.9 Å². The van der Waals surface area contributed by atoms with Crippen molar-refractivity contribution in [3.63, 3.8) is 0 Å². The van der Waals surface area contributed by atoms with Crippen LogP contribution in [0, 0.1) is 13.8 Å². The zero-order valence-electron chi connectivity index (χ0n) is 14.2. The largest absolute Gasteiger partial charge is 0.325 e. The van der Waals surface area contributed by atoms with Gasteiger partial charge < -0.3 is 5.32 Å². The topological polar surface area (TPSA) is 32.3 Å². The molecule has 0 atom stereocenters. The van der Waals surface area contributed by atoms with Crippen molar-refractivity contribution in [2.45, 2.75) is 33.2 Å². The molecule has 3 nitrogen and oxygen atoms in total. The minimum Gasteiger partial charge on any atom is -0.325 e. The quantitative estimate of drug-likeness (QED) is 0.896. The maximum Gasteiger partial charge on any atom is 0.225 e.